The van der Waals surface area contributed by atoms with Gasteiger partial charge in [-0.25, -0.2) is 28.8 Å². The minimum atomic E-state index is -0.705. The summed E-state index contributed by atoms with van der Waals surface area (Å²) in [7, 11) is 0. The molecule has 11 nitrogen and oxygen atoms in total. The molecule has 0 bridgehead atoms. The number of amides is 1. The number of carbonyl (C=O) groups excluding carboxylic acids is 1. The molecule has 5 heterocycles. The number of ether oxygens (including phenoxy) is 1. The first kappa shape index (κ1) is 27.3. The third-order valence-corrected chi connectivity index (χ3v) is 7.57. The highest BCUT2D eigenvalue weighted by atomic mass is 35.5. The van der Waals surface area contributed by atoms with Gasteiger partial charge in [0.1, 0.15) is 40.5 Å². The van der Waals surface area contributed by atoms with Crippen molar-refractivity contribution in [3.63, 3.8) is 0 Å². The highest BCUT2D eigenvalue weighted by Gasteiger charge is 2.32. The molecule has 0 saturated carbocycles. The van der Waals surface area contributed by atoms with E-state index in [2.05, 4.69) is 50.7 Å². The number of carbonyl (C=O) groups is 1. The first-order valence-corrected chi connectivity index (χ1v) is 13.7. The molecule has 1 amide bonds. The van der Waals surface area contributed by atoms with Crippen LogP contribution in [0, 0.1) is 11.7 Å². The van der Waals surface area contributed by atoms with Crippen LogP contribution in [-0.2, 0) is 4.79 Å². The van der Waals surface area contributed by atoms with Crippen molar-refractivity contribution in [1.29, 1.82) is 0 Å². The second kappa shape index (κ2) is 11.2. The van der Waals surface area contributed by atoms with Gasteiger partial charge in [0.25, 0.3) is 0 Å². The van der Waals surface area contributed by atoms with E-state index in [1.807, 2.05) is 17.0 Å². The minimum absolute atomic E-state index is 0.00150. The van der Waals surface area contributed by atoms with Crippen molar-refractivity contribution in [2.75, 3.05) is 29.9 Å². The molecule has 0 aliphatic carbocycles. The quantitative estimate of drug-likeness (QED) is 0.255. The number of anilines is 3. The molecule has 42 heavy (non-hydrogen) atoms. The Morgan fingerprint density at radius 3 is 2.83 bits per heavy atom. The second-order valence-corrected chi connectivity index (χ2v) is 10.5. The van der Waals surface area contributed by atoms with Gasteiger partial charge in [-0.1, -0.05) is 32.0 Å². The van der Waals surface area contributed by atoms with Crippen LogP contribution in [0.1, 0.15) is 13.8 Å². The Morgan fingerprint density at radius 1 is 1.17 bits per heavy atom. The van der Waals surface area contributed by atoms with E-state index >= 15 is 4.39 Å². The van der Waals surface area contributed by atoms with Crippen LogP contribution in [-0.4, -0.2) is 66.0 Å². The number of hydrogen-bond acceptors (Lipinski definition) is 9. The van der Waals surface area contributed by atoms with Crippen LogP contribution in [0.5, 0.6) is 11.5 Å². The van der Waals surface area contributed by atoms with E-state index in [1.165, 1.54) is 24.8 Å². The molecule has 214 valence electrons. The summed E-state index contributed by atoms with van der Waals surface area (Å²) in [5, 5.41) is 6.87. The zero-order valence-electron chi connectivity index (χ0n) is 22.9. The highest BCUT2D eigenvalue weighted by molar-refractivity contribution is 6.32. The average molecular weight is 588 g/mol. The van der Waals surface area contributed by atoms with Crippen molar-refractivity contribution in [3.05, 3.63) is 78.7 Å². The maximum absolute atomic E-state index is 15.5. The lowest BCUT2D eigenvalue weighted by Gasteiger charge is -2.43. The Bertz CT molecular complexity index is 1810. The Kier molecular flexibility index (Phi) is 7.29. The van der Waals surface area contributed by atoms with E-state index in [0.29, 0.717) is 53.7 Å². The molecule has 1 saturated heterocycles. The lowest BCUT2D eigenvalue weighted by atomic mass is 9.99. The normalized spacial score (nSPS) is 15.4. The van der Waals surface area contributed by atoms with E-state index in [9.17, 15) is 4.79 Å². The first-order chi connectivity index (χ1) is 20.3. The Morgan fingerprint density at radius 2 is 2.02 bits per heavy atom. The van der Waals surface area contributed by atoms with Gasteiger partial charge in [0.2, 0.25) is 5.91 Å². The van der Waals surface area contributed by atoms with E-state index in [4.69, 9.17) is 21.3 Å². The molecule has 0 spiro atoms. The summed E-state index contributed by atoms with van der Waals surface area (Å²) >= 11 is 6.38. The van der Waals surface area contributed by atoms with Gasteiger partial charge in [-0.15, -0.1) is 0 Å². The monoisotopic (exact) mass is 587 g/mol. The smallest absolute Gasteiger partial charge is 0.246 e. The number of benzene rings is 1. The number of piperazine rings is 1. The minimum Gasteiger partial charge on any atom is -0.455 e. The van der Waals surface area contributed by atoms with Gasteiger partial charge in [0.15, 0.2) is 17.3 Å². The summed E-state index contributed by atoms with van der Waals surface area (Å²) in [5.74, 6) is 1.07. The third-order valence-electron chi connectivity index (χ3n) is 7.22. The largest absolute Gasteiger partial charge is 0.455 e. The fraction of sp³-hybridized carbons (Fsp3) is 0.241. The number of fused-ring (bicyclic) bond motifs is 2. The molecule has 0 unspecified atom stereocenters. The van der Waals surface area contributed by atoms with Gasteiger partial charge in [0.05, 0.1) is 17.2 Å². The van der Waals surface area contributed by atoms with Gasteiger partial charge in [0, 0.05) is 31.9 Å². The molecule has 0 radical (unpaired) electrons. The molecule has 1 N–H and O–H groups in total. The molecule has 4 aromatic heterocycles. The van der Waals surface area contributed by atoms with Crippen molar-refractivity contribution in [1.82, 2.24) is 34.4 Å². The Hall–Kier alpha value is -4.84. The van der Waals surface area contributed by atoms with Crippen molar-refractivity contribution in [2.24, 2.45) is 5.92 Å². The molecule has 1 aliphatic heterocycles. The zero-order valence-corrected chi connectivity index (χ0v) is 23.7. The summed E-state index contributed by atoms with van der Waals surface area (Å²) in [6.07, 6.45) is 5.85. The fourth-order valence-corrected chi connectivity index (χ4v) is 5.20. The molecule has 13 heteroatoms. The van der Waals surface area contributed by atoms with Crippen molar-refractivity contribution >= 4 is 51.5 Å². The predicted molar refractivity (Wildman–Crippen MR) is 158 cm³/mol. The van der Waals surface area contributed by atoms with Crippen molar-refractivity contribution < 1.29 is 13.9 Å². The summed E-state index contributed by atoms with van der Waals surface area (Å²) < 4.78 is 22.9. The van der Waals surface area contributed by atoms with Crippen molar-refractivity contribution in [3.8, 4) is 11.5 Å². The predicted octanol–water partition coefficient (Wildman–Crippen LogP) is 5.26. The average Bonchev–Trinajstić information content (AvgIpc) is 3.48. The number of rotatable bonds is 7. The van der Waals surface area contributed by atoms with Gasteiger partial charge in [-0.3, -0.25) is 4.79 Å². The second-order valence-electron chi connectivity index (χ2n) is 10.1. The van der Waals surface area contributed by atoms with Crippen LogP contribution in [0.15, 0.2) is 67.9 Å². The molecular formula is C29H27ClFN9O2. The van der Waals surface area contributed by atoms with E-state index in [0.717, 1.165) is 0 Å². The fourth-order valence-electron chi connectivity index (χ4n) is 5.00. The van der Waals surface area contributed by atoms with E-state index in [-0.39, 0.29) is 34.3 Å². The van der Waals surface area contributed by atoms with Crippen LogP contribution in [0.25, 0.3) is 16.7 Å². The summed E-state index contributed by atoms with van der Waals surface area (Å²) in [6, 6.07) is 10.2. The lowest BCUT2D eigenvalue weighted by Crippen LogP contribution is -2.57. The van der Waals surface area contributed by atoms with E-state index < -0.39 is 5.82 Å². The standard InChI is InChI=1S/C29H27ClFN9O2/c1-4-25(41)39-12-11-38(14-21(39)17(2)3)23-8-6-20-28(37-23)29(34-15-32-20)36-19-5-7-22(26(30)27(19)31)42-18-9-10-40-24(13-18)33-16-35-40/h4-10,13,15-17,21H,1,11-12,14H2,2-3H3,(H,32,34,36)/t21-/m0/s1. The molecule has 6 rings (SSSR count). The molecule has 1 atom stereocenters. The van der Waals surface area contributed by atoms with E-state index in [1.54, 1.807) is 28.9 Å². The number of nitrogens with one attached hydrogen (secondary N) is 1. The number of hydrogen-bond donors (Lipinski definition) is 1. The summed E-state index contributed by atoms with van der Waals surface area (Å²) in [4.78, 5) is 34.0. The topological polar surface area (TPSA) is 114 Å². The van der Waals surface area contributed by atoms with Crippen LogP contribution >= 0.6 is 11.6 Å². The highest BCUT2D eigenvalue weighted by Crippen LogP contribution is 2.37. The van der Waals surface area contributed by atoms with Crippen LogP contribution in [0.2, 0.25) is 5.02 Å². The zero-order chi connectivity index (χ0) is 29.4. The molecule has 1 aromatic carbocycles. The SMILES string of the molecule is C=CC(=O)N1CCN(c2ccc3ncnc(Nc4ccc(Oc5ccn6ncnc6c5)c(Cl)c4F)c3n2)C[C@H]1C(C)C. The van der Waals surface area contributed by atoms with Gasteiger partial charge < -0.3 is 19.9 Å². The van der Waals surface area contributed by atoms with Crippen molar-refractivity contribution in [2.45, 2.75) is 19.9 Å². The number of halogens is 2. The summed E-state index contributed by atoms with van der Waals surface area (Å²) in [5.41, 5.74) is 1.74. The number of pyridine rings is 2. The van der Waals surface area contributed by atoms with Gasteiger partial charge in [-0.2, -0.15) is 5.10 Å². The van der Waals surface area contributed by atoms with Crippen LogP contribution < -0.4 is 15.0 Å². The molecular weight excluding hydrogens is 561 g/mol. The maximum Gasteiger partial charge on any atom is 0.246 e. The van der Waals surface area contributed by atoms with Crippen LogP contribution in [0.3, 0.4) is 0 Å². The Balaban J connectivity index is 1.26. The lowest BCUT2D eigenvalue weighted by molar-refractivity contribution is -0.129. The first-order valence-electron chi connectivity index (χ1n) is 13.3. The number of aromatic nitrogens is 6. The Labute approximate surface area is 245 Å². The maximum atomic E-state index is 15.5. The summed E-state index contributed by atoms with van der Waals surface area (Å²) in [6.45, 7) is 9.59. The van der Waals surface area contributed by atoms with Crippen LogP contribution in [0.4, 0.5) is 21.7 Å². The number of nitrogens with zero attached hydrogens (tertiary/aromatic N) is 8. The van der Waals surface area contributed by atoms with Gasteiger partial charge in [-0.05, 0) is 42.3 Å². The molecule has 1 aliphatic rings. The molecule has 5 aromatic rings. The van der Waals surface area contributed by atoms with Gasteiger partial charge >= 0.3 is 0 Å². The molecule has 1 fully saturated rings. The third kappa shape index (κ3) is 5.16.